The second-order valence-corrected chi connectivity index (χ2v) is 29.2. The number of furan rings is 1. The largest absolute Gasteiger partial charge is 0.456 e. The molecule has 0 atom stereocenters. The molecule has 0 aliphatic carbocycles. The molecule has 0 amide bonds. The molecular weight excluding hydrogens is 1330 g/mol. The van der Waals surface area contributed by atoms with Crippen molar-refractivity contribution in [2.24, 2.45) is 0 Å². The quantitative estimate of drug-likeness (QED) is 0.124. The highest BCUT2D eigenvalue weighted by Gasteiger charge is 2.09. The lowest BCUT2D eigenvalue weighted by molar-refractivity contribution is 0.669. The molecule has 0 spiro atoms. The van der Waals surface area contributed by atoms with Crippen molar-refractivity contribution in [1.29, 1.82) is 0 Å². The van der Waals surface area contributed by atoms with Crippen LogP contribution in [0.15, 0.2) is 387 Å². The van der Waals surface area contributed by atoms with E-state index in [1.165, 1.54) is 180 Å². The Morgan fingerprint density at radius 3 is 1.05 bits per heavy atom. The summed E-state index contributed by atoms with van der Waals surface area (Å²) in [5, 5.41) is 23.7. The van der Waals surface area contributed by atoms with Crippen LogP contribution < -0.4 is 0 Å². The van der Waals surface area contributed by atoms with Crippen LogP contribution in [0.2, 0.25) is 0 Å². The summed E-state index contributed by atoms with van der Waals surface area (Å²) >= 11 is 0. The molecule has 0 N–H and O–H groups in total. The van der Waals surface area contributed by atoms with Gasteiger partial charge in [-0.3, -0.25) is 0 Å². The molecule has 1 nitrogen and oxygen atoms in total. The van der Waals surface area contributed by atoms with Crippen LogP contribution in [0.1, 0.15) is 61.2 Å². The monoisotopic (exact) mass is 1420 g/mol. The van der Waals surface area contributed by atoms with Crippen molar-refractivity contribution in [1.82, 2.24) is 0 Å². The smallest absolute Gasteiger partial charge is 0.135 e. The predicted octanol–water partition coefficient (Wildman–Crippen LogP) is 31.3. The average Bonchev–Trinajstić information content (AvgIpc) is 1.35. The maximum absolute atomic E-state index is 5.73. The maximum atomic E-state index is 5.73. The lowest BCUT2D eigenvalue weighted by Crippen LogP contribution is -1.84. The summed E-state index contributed by atoms with van der Waals surface area (Å²) in [5.41, 5.74) is 21.7. The van der Waals surface area contributed by atoms with Crippen molar-refractivity contribution >= 4 is 108 Å². The van der Waals surface area contributed by atoms with Gasteiger partial charge in [0, 0.05) is 10.8 Å². The zero-order chi connectivity index (χ0) is 76.5. The summed E-state index contributed by atoms with van der Waals surface area (Å²) < 4.78 is 5.73. The van der Waals surface area contributed by atoms with E-state index in [0.717, 1.165) is 11.2 Å². The Hall–Kier alpha value is -12.9. The molecule has 20 aromatic rings. The predicted molar refractivity (Wildman–Crippen MR) is 482 cm³/mol. The molecule has 20 rings (SSSR count). The number of aryl methyl sites for hydroxylation is 11. The van der Waals surface area contributed by atoms with Crippen LogP contribution in [0, 0.1) is 76.2 Å². The van der Waals surface area contributed by atoms with Gasteiger partial charge >= 0.3 is 0 Å². The molecule has 0 radical (unpaired) electrons. The Kier molecular flexibility index (Phi) is 24.4. The zero-order valence-corrected chi connectivity index (χ0v) is 65.3. The molecule has 110 heavy (non-hydrogen) atoms. The van der Waals surface area contributed by atoms with Gasteiger partial charge in [-0.15, -0.1) is 0 Å². The van der Waals surface area contributed by atoms with E-state index in [1.54, 1.807) is 0 Å². The highest BCUT2D eigenvalue weighted by Crippen LogP contribution is 2.34. The van der Waals surface area contributed by atoms with E-state index in [1.807, 2.05) is 30.3 Å². The maximum Gasteiger partial charge on any atom is 0.135 e. The second-order valence-electron chi connectivity index (χ2n) is 29.2. The minimum Gasteiger partial charge on any atom is -0.456 e. The van der Waals surface area contributed by atoms with Gasteiger partial charge in [-0.25, -0.2) is 0 Å². The number of para-hydroxylation sites is 1. The number of benzene rings is 19. The number of hydrogen-bond acceptors (Lipinski definition) is 1. The van der Waals surface area contributed by atoms with Crippen molar-refractivity contribution in [2.75, 3.05) is 0 Å². The second kappa shape index (κ2) is 35.6. The summed E-state index contributed by atoms with van der Waals surface area (Å²) in [6.07, 6.45) is 0. The van der Waals surface area contributed by atoms with Crippen molar-refractivity contribution in [2.45, 2.75) is 76.2 Å². The lowest BCUT2D eigenvalue weighted by atomic mass is 9.97. The van der Waals surface area contributed by atoms with E-state index < -0.39 is 0 Å². The van der Waals surface area contributed by atoms with Crippen LogP contribution in [0.25, 0.3) is 130 Å². The molecule has 0 aliphatic heterocycles. The Labute approximate surface area is 650 Å². The van der Waals surface area contributed by atoms with E-state index in [4.69, 9.17) is 4.42 Å². The van der Waals surface area contributed by atoms with Crippen molar-refractivity contribution in [3.05, 3.63) is 443 Å². The van der Waals surface area contributed by atoms with Gasteiger partial charge in [-0.1, -0.05) is 373 Å². The summed E-state index contributed by atoms with van der Waals surface area (Å²) in [6.45, 7) is 23.5. The van der Waals surface area contributed by atoms with Crippen LogP contribution in [0.5, 0.6) is 0 Å². The third-order valence-electron chi connectivity index (χ3n) is 20.2. The number of fused-ring (bicyclic) bond motifs is 12. The lowest BCUT2D eigenvalue weighted by Gasteiger charge is -2.08. The highest BCUT2D eigenvalue weighted by molar-refractivity contribution is 6.09. The molecule has 0 aliphatic rings. The van der Waals surface area contributed by atoms with Crippen LogP contribution in [0.4, 0.5) is 0 Å². The third-order valence-corrected chi connectivity index (χ3v) is 20.2. The molecule has 0 saturated heterocycles. The van der Waals surface area contributed by atoms with Crippen LogP contribution in [-0.2, 0) is 0 Å². The molecule has 1 heteroatoms. The molecule has 19 aromatic carbocycles. The summed E-state index contributed by atoms with van der Waals surface area (Å²) in [6, 6.07) is 135. The van der Waals surface area contributed by atoms with Gasteiger partial charge in [0.2, 0.25) is 0 Å². The Morgan fingerprint density at radius 1 is 0.155 bits per heavy atom. The fourth-order valence-corrected chi connectivity index (χ4v) is 14.9. The Balaban J connectivity index is 0.000000112. The number of hydrogen-bond donors (Lipinski definition) is 0. The van der Waals surface area contributed by atoms with E-state index in [0.29, 0.717) is 0 Å². The topological polar surface area (TPSA) is 13.1 Å². The summed E-state index contributed by atoms with van der Waals surface area (Å²) in [4.78, 5) is 0. The molecule has 1 heterocycles. The molecule has 0 saturated carbocycles. The van der Waals surface area contributed by atoms with Crippen molar-refractivity contribution in [3.8, 4) is 22.3 Å². The third kappa shape index (κ3) is 19.1. The first-order valence-corrected chi connectivity index (χ1v) is 38.2. The normalized spacial score (nSPS) is 10.7. The van der Waals surface area contributed by atoms with Gasteiger partial charge < -0.3 is 4.42 Å². The van der Waals surface area contributed by atoms with Crippen molar-refractivity contribution in [3.63, 3.8) is 0 Å². The van der Waals surface area contributed by atoms with E-state index >= 15 is 0 Å². The molecule has 1 aromatic heterocycles. The van der Waals surface area contributed by atoms with Crippen molar-refractivity contribution < 1.29 is 4.42 Å². The first-order valence-electron chi connectivity index (χ1n) is 38.2. The van der Waals surface area contributed by atoms with Crippen LogP contribution >= 0.6 is 0 Å². The Bertz CT molecular complexity index is 6300. The SMILES string of the molecule is Cc1c2ccccc2cc2ccccc12.Cc1cc(-c2ccccc2)cc(-c2ccccc2)c1.Cc1cc(C)cc(C)c1.Cc1ccc2cc3ccccc3cc2c1.Cc1ccc2ccc3ccccc3c2c1.Cc1cccc(C)c1.Cc1cccc2cc3ccccc3cc12.Cc1cccc2oc3ccccc3c12. The van der Waals surface area contributed by atoms with E-state index in [-0.39, 0.29) is 0 Å². The fraction of sp³-hybridized carbons (Fsp3) is 0.101. The minimum absolute atomic E-state index is 0.969. The summed E-state index contributed by atoms with van der Waals surface area (Å²) in [7, 11) is 0. The molecule has 0 fully saturated rings. The van der Waals surface area contributed by atoms with Gasteiger partial charge in [0.25, 0.3) is 0 Å². The molecule has 0 unspecified atom stereocenters. The summed E-state index contributed by atoms with van der Waals surface area (Å²) in [5.74, 6) is 0. The van der Waals surface area contributed by atoms with E-state index in [2.05, 4.69) is 428 Å². The van der Waals surface area contributed by atoms with Gasteiger partial charge in [0.15, 0.2) is 0 Å². The van der Waals surface area contributed by atoms with Gasteiger partial charge in [-0.05, 0) is 255 Å². The average molecular weight is 1420 g/mol. The number of rotatable bonds is 2. The van der Waals surface area contributed by atoms with E-state index in [9.17, 15) is 0 Å². The molecule has 0 bridgehead atoms. The standard InChI is InChI=1S/C19H16.4C15H12.C13H10O.C9H12.C8H10/c1-15-12-18(16-8-4-2-5-9-16)14-19(13-15)17-10-6-3-7-11-17;1-11-14-8-4-2-6-12(14)10-13-7-3-5-9-15(11)13;1-11-5-4-8-14-9-12-6-2-3-7-13(12)10-15(11)14;1-11-6-7-14-9-12-4-2-3-5-13(12)10-15(14)8-11;1-11-6-7-13-9-8-12-4-2-3-5-14(12)15(13)10-11;1-9-5-4-8-12-13(9)10-6-2-3-7-11(10)14-12;1-7-4-8(2)6-9(3)5-7;1-7-4-3-5-8(2)6-7/h2-14H,1H3;4*2-10H,1H3;2-8H,1H3;4-6H,1-3H3;3-6H,1-2H3. The van der Waals surface area contributed by atoms with Gasteiger partial charge in [0.05, 0.1) is 0 Å². The minimum atomic E-state index is 0.969. The van der Waals surface area contributed by atoms with Crippen LogP contribution in [0.3, 0.4) is 0 Å². The highest BCUT2D eigenvalue weighted by atomic mass is 16.3. The van der Waals surface area contributed by atoms with Crippen LogP contribution in [-0.4, -0.2) is 0 Å². The zero-order valence-electron chi connectivity index (χ0n) is 65.3. The fourth-order valence-electron chi connectivity index (χ4n) is 14.9. The first kappa shape index (κ1) is 75.3. The molecule has 538 valence electrons. The molecular formula is C109H96O. The Morgan fingerprint density at radius 2 is 0.500 bits per heavy atom. The first-order chi connectivity index (χ1) is 53.5. The van der Waals surface area contributed by atoms with Gasteiger partial charge in [-0.2, -0.15) is 0 Å². The van der Waals surface area contributed by atoms with Gasteiger partial charge in [0.1, 0.15) is 11.2 Å².